The molecule has 2 rings (SSSR count). The molecular formula is C14H13FN2O2. The Morgan fingerprint density at radius 3 is 2.74 bits per heavy atom. The van der Waals surface area contributed by atoms with Crippen molar-refractivity contribution in [3.05, 3.63) is 60.2 Å². The Labute approximate surface area is 110 Å². The molecule has 0 bridgehead atoms. The van der Waals surface area contributed by atoms with Gasteiger partial charge in [-0.15, -0.1) is 0 Å². The van der Waals surface area contributed by atoms with Crippen molar-refractivity contribution >= 4 is 5.91 Å². The summed E-state index contributed by atoms with van der Waals surface area (Å²) in [5, 5.41) is 2.68. The third-order valence-electron chi connectivity index (χ3n) is 2.41. The van der Waals surface area contributed by atoms with E-state index in [1.165, 1.54) is 18.3 Å². The van der Waals surface area contributed by atoms with E-state index in [1.807, 2.05) is 0 Å². The Bertz CT molecular complexity index is 529. The lowest BCUT2D eigenvalue weighted by Crippen LogP contribution is -2.28. The molecule has 2 aromatic rings. The number of nitrogens with zero attached hydrogens (tertiary/aromatic N) is 1. The van der Waals surface area contributed by atoms with Gasteiger partial charge >= 0.3 is 0 Å². The Hall–Kier alpha value is -2.43. The maximum Gasteiger partial charge on any atom is 0.258 e. The van der Waals surface area contributed by atoms with Gasteiger partial charge in [0.25, 0.3) is 5.91 Å². The molecule has 1 aromatic carbocycles. The molecule has 0 atom stereocenters. The average molecular weight is 260 g/mol. The molecule has 0 aliphatic rings. The summed E-state index contributed by atoms with van der Waals surface area (Å²) >= 11 is 0. The quantitative estimate of drug-likeness (QED) is 0.893. The van der Waals surface area contributed by atoms with Gasteiger partial charge in [-0.05, 0) is 29.8 Å². The van der Waals surface area contributed by atoms with Crippen LogP contribution in [0.1, 0.15) is 5.56 Å². The lowest BCUT2D eigenvalue weighted by atomic mass is 10.2. The summed E-state index contributed by atoms with van der Waals surface area (Å²) in [5.74, 6) is 0.00241. The maximum atomic E-state index is 12.7. The van der Waals surface area contributed by atoms with E-state index < -0.39 is 0 Å². The maximum absolute atomic E-state index is 12.7. The van der Waals surface area contributed by atoms with Gasteiger partial charge in [-0.25, -0.2) is 4.39 Å². The number of halogens is 1. The lowest BCUT2D eigenvalue weighted by molar-refractivity contribution is -0.123. The van der Waals surface area contributed by atoms with Crippen molar-refractivity contribution in [1.29, 1.82) is 0 Å². The predicted molar refractivity (Wildman–Crippen MR) is 68.0 cm³/mol. The van der Waals surface area contributed by atoms with Crippen molar-refractivity contribution in [2.24, 2.45) is 0 Å². The molecule has 0 fully saturated rings. The van der Waals surface area contributed by atoms with Gasteiger partial charge in [0, 0.05) is 12.7 Å². The van der Waals surface area contributed by atoms with Crippen LogP contribution in [-0.4, -0.2) is 17.5 Å². The van der Waals surface area contributed by atoms with E-state index in [0.717, 1.165) is 5.56 Å². The SMILES string of the molecule is O=C(COc1cccnc1)NCc1ccc(F)cc1. The first-order chi connectivity index (χ1) is 9.24. The molecule has 98 valence electrons. The molecule has 4 nitrogen and oxygen atoms in total. The van der Waals surface area contributed by atoms with Gasteiger partial charge in [0.2, 0.25) is 0 Å². The van der Waals surface area contributed by atoms with Crippen molar-refractivity contribution in [3.63, 3.8) is 0 Å². The smallest absolute Gasteiger partial charge is 0.258 e. The second kappa shape index (κ2) is 6.49. The lowest BCUT2D eigenvalue weighted by Gasteiger charge is -2.07. The first-order valence-electron chi connectivity index (χ1n) is 5.78. The average Bonchev–Trinajstić information content (AvgIpc) is 2.45. The number of amides is 1. The molecule has 1 N–H and O–H groups in total. The van der Waals surface area contributed by atoms with Crippen LogP contribution in [0.15, 0.2) is 48.8 Å². The molecule has 0 aliphatic heterocycles. The van der Waals surface area contributed by atoms with Gasteiger partial charge in [0.05, 0.1) is 6.20 Å². The summed E-state index contributed by atoms with van der Waals surface area (Å²) in [7, 11) is 0. The fourth-order valence-electron chi connectivity index (χ4n) is 1.44. The summed E-state index contributed by atoms with van der Waals surface area (Å²) in [6.07, 6.45) is 3.16. The molecule has 19 heavy (non-hydrogen) atoms. The Balaban J connectivity index is 1.74. The zero-order chi connectivity index (χ0) is 13.5. The number of hydrogen-bond donors (Lipinski definition) is 1. The van der Waals surface area contributed by atoms with Crippen molar-refractivity contribution in [2.75, 3.05) is 6.61 Å². The zero-order valence-electron chi connectivity index (χ0n) is 10.2. The Morgan fingerprint density at radius 2 is 2.05 bits per heavy atom. The summed E-state index contributed by atoms with van der Waals surface area (Å²) in [6.45, 7) is 0.266. The molecule has 1 heterocycles. The van der Waals surface area contributed by atoms with E-state index in [4.69, 9.17) is 4.74 Å². The van der Waals surface area contributed by atoms with E-state index >= 15 is 0 Å². The second-order valence-electron chi connectivity index (χ2n) is 3.88. The number of pyridine rings is 1. The first-order valence-corrected chi connectivity index (χ1v) is 5.78. The van der Waals surface area contributed by atoms with E-state index in [1.54, 1.807) is 30.5 Å². The highest BCUT2D eigenvalue weighted by atomic mass is 19.1. The van der Waals surface area contributed by atoms with Crippen LogP contribution in [0.2, 0.25) is 0 Å². The van der Waals surface area contributed by atoms with Crippen LogP contribution >= 0.6 is 0 Å². The van der Waals surface area contributed by atoms with E-state index in [-0.39, 0.29) is 18.3 Å². The summed E-state index contributed by atoms with van der Waals surface area (Å²) in [6, 6.07) is 9.41. The molecule has 1 amide bonds. The molecule has 0 aliphatic carbocycles. The van der Waals surface area contributed by atoms with Crippen LogP contribution in [-0.2, 0) is 11.3 Å². The van der Waals surface area contributed by atoms with Gasteiger partial charge < -0.3 is 10.1 Å². The van der Waals surface area contributed by atoms with Gasteiger partial charge in [0.1, 0.15) is 11.6 Å². The number of nitrogens with one attached hydrogen (secondary N) is 1. The van der Waals surface area contributed by atoms with Gasteiger partial charge in [-0.3, -0.25) is 9.78 Å². The van der Waals surface area contributed by atoms with Crippen LogP contribution in [0.4, 0.5) is 4.39 Å². The minimum Gasteiger partial charge on any atom is -0.482 e. The van der Waals surface area contributed by atoms with Crippen molar-refractivity contribution in [2.45, 2.75) is 6.54 Å². The number of carbonyl (C=O) groups is 1. The van der Waals surface area contributed by atoms with Crippen LogP contribution in [0, 0.1) is 5.82 Å². The predicted octanol–water partition coefficient (Wildman–Crippen LogP) is 1.92. The second-order valence-corrected chi connectivity index (χ2v) is 3.88. The fourth-order valence-corrected chi connectivity index (χ4v) is 1.44. The molecule has 0 radical (unpaired) electrons. The summed E-state index contributed by atoms with van der Waals surface area (Å²) in [5.41, 5.74) is 0.830. The summed E-state index contributed by atoms with van der Waals surface area (Å²) < 4.78 is 17.9. The molecule has 0 saturated carbocycles. The molecular weight excluding hydrogens is 247 g/mol. The highest BCUT2D eigenvalue weighted by molar-refractivity contribution is 5.77. The topological polar surface area (TPSA) is 51.2 Å². The number of benzene rings is 1. The largest absolute Gasteiger partial charge is 0.482 e. The van der Waals surface area contributed by atoms with E-state index in [0.29, 0.717) is 12.3 Å². The Kier molecular flexibility index (Phi) is 4.44. The minimum atomic E-state index is -0.296. The van der Waals surface area contributed by atoms with Crippen LogP contribution in [0.25, 0.3) is 0 Å². The molecule has 0 saturated heterocycles. The van der Waals surface area contributed by atoms with Gasteiger partial charge in [-0.2, -0.15) is 0 Å². The van der Waals surface area contributed by atoms with Crippen LogP contribution < -0.4 is 10.1 Å². The standard InChI is InChI=1S/C14H13FN2O2/c15-12-5-3-11(4-6-12)8-17-14(18)10-19-13-2-1-7-16-9-13/h1-7,9H,8,10H2,(H,17,18). The zero-order valence-corrected chi connectivity index (χ0v) is 10.2. The van der Waals surface area contributed by atoms with Crippen molar-refractivity contribution < 1.29 is 13.9 Å². The van der Waals surface area contributed by atoms with Crippen LogP contribution in [0.3, 0.4) is 0 Å². The molecule has 5 heteroatoms. The van der Waals surface area contributed by atoms with Gasteiger partial charge in [-0.1, -0.05) is 12.1 Å². The highest BCUT2D eigenvalue weighted by Gasteiger charge is 2.02. The monoisotopic (exact) mass is 260 g/mol. The van der Waals surface area contributed by atoms with Crippen molar-refractivity contribution in [3.8, 4) is 5.75 Å². The first kappa shape index (κ1) is 13.0. The number of rotatable bonds is 5. The number of carbonyl (C=O) groups excluding carboxylic acids is 1. The number of aromatic nitrogens is 1. The molecule has 1 aromatic heterocycles. The third kappa shape index (κ3) is 4.39. The summed E-state index contributed by atoms with van der Waals surface area (Å²) in [4.78, 5) is 15.4. The molecule has 0 spiro atoms. The Morgan fingerprint density at radius 1 is 1.26 bits per heavy atom. The normalized spacial score (nSPS) is 9.95. The third-order valence-corrected chi connectivity index (χ3v) is 2.41. The molecule has 0 unspecified atom stereocenters. The van der Waals surface area contributed by atoms with E-state index in [2.05, 4.69) is 10.3 Å². The number of ether oxygens (including phenoxy) is 1. The highest BCUT2D eigenvalue weighted by Crippen LogP contribution is 2.05. The number of hydrogen-bond acceptors (Lipinski definition) is 3. The van der Waals surface area contributed by atoms with Crippen molar-refractivity contribution in [1.82, 2.24) is 10.3 Å². The van der Waals surface area contributed by atoms with E-state index in [9.17, 15) is 9.18 Å². The van der Waals surface area contributed by atoms with Crippen LogP contribution in [0.5, 0.6) is 5.75 Å². The fraction of sp³-hybridized carbons (Fsp3) is 0.143. The van der Waals surface area contributed by atoms with Gasteiger partial charge in [0.15, 0.2) is 6.61 Å². The minimum absolute atomic E-state index is 0.0765.